The summed E-state index contributed by atoms with van der Waals surface area (Å²) in [5.74, 6) is -5.61. The highest BCUT2D eigenvalue weighted by atomic mass is 19.1. The Kier molecular flexibility index (Phi) is 16.1. The molecule has 1 saturated carbocycles. The van der Waals surface area contributed by atoms with E-state index in [0.29, 0.717) is 38.6 Å². The average molecular weight is 716 g/mol. The third kappa shape index (κ3) is 13.9. The number of rotatable bonds is 20. The minimum Gasteiger partial charge on any atom is -0.481 e. The highest BCUT2D eigenvalue weighted by Gasteiger charge is 2.30. The van der Waals surface area contributed by atoms with Gasteiger partial charge in [-0.1, -0.05) is 42.5 Å². The van der Waals surface area contributed by atoms with Crippen molar-refractivity contribution in [1.82, 2.24) is 26.6 Å². The number of alkyl halides is 1. The van der Waals surface area contributed by atoms with Crippen LogP contribution >= 0.6 is 0 Å². The van der Waals surface area contributed by atoms with Crippen LogP contribution in [0.5, 0.6) is 0 Å². The molecule has 278 valence electrons. The number of benzene rings is 2. The quantitative estimate of drug-likeness (QED) is 0.0929. The molecule has 0 aromatic heterocycles. The topological polar surface area (TPSA) is 240 Å². The van der Waals surface area contributed by atoms with Gasteiger partial charge in [-0.2, -0.15) is 0 Å². The Morgan fingerprint density at radius 1 is 0.745 bits per heavy atom. The van der Waals surface area contributed by atoms with Gasteiger partial charge < -0.3 is 41.9 Å². The number of hydrogen-bond acceptors (Lipinski definition) is 7. The van der Waals surface area contributed by atoms with Crippen molar-refractivity contribution in [3.63, 3.8) is 0 Å². The third-order valence-electron chi connectivity index (χ3n) is 8.89. The zero-order valence-corrected chi connectivity index (χ0v) is 28.2. The Bertz CT molecular complexity index is 1550. The van der Waals surface area contributed by atoms with E-state index in [1.165, 1.54) is 0 Å². The molecule has 0 heterocycles. The molecular weight excluding hydrogens is 669 g/mol. The van der Waals surface area contributed by atoms with Gasteiger partial charge >= 0.3 is 23.9 Å². The number of amides is 5. The van der Waals surface area contributed by atoms with Crippen LogP contribution in [0.3, 0.4) is 0 Å². The molecule has 2 aromatic rings. The number of unbranched alkanes of at least 4 members (excludes halogenated alkanes) is 1. The van der Waals surface area contributed by atoms with E-state index >= 15 is 0 Å². The fraction of sp³-hybridized carbons (Fsp3) is 0.514. The summed E-state index contributed by atoms with van der Waals surface area (Å²) in [6, 6.07) is 8.67. The molecule has 3 rings (SSSR count). The predicted molar refractivity (Wildman–Crippen MR) is 182 cm³/mol. The van der Waals surface area contributed by atoms with Crippen molar-refractivity contribution in [1.29, 1.82) is 0 Å². The molecule has 3 atom stereocenters. The highest BCUT2D eigenvalue weighted by Crippen LogP contribution is 2.29. The number of fused-ring (bicyclic) bond motifs is 1. The molecule has 1 fully saturated rings. The average Bonchev–Trinajstić information content (AvgIpc) is 3.11. The summed E-state index contributed by atoms with van der Waals surface area (Å²) in [4.78, 5) is 84.1. The maximum atomic E-state index is 13.4. The summed E-state index contributed by atoms with van der Waals surface area (Å²) in [7, 11) is 0. The van der Waals surface area contributed by atoms with Gasteiger partial charge in [0, 0.05) is 31.8 Å². The summed E-state index contributed by atoms with van der Waals surface area (Å²) >= 11 is 0. The van der Waals surface area contributed by atoms with Crippen LogP contribution < -0.4 is 26.6 Å². The number of carboxylic acid groups (broad SMARTS) is 3. The Morgan fingerprint density at radius 2 is 1.39 bits per heavy atom. The second kappa shape index (κ2) is 20.4. The van der Waals surface area contributed by atoms with Crippen molar-refractivity contribution >= 4 is 52.4 Å². The van der Waals surface area contributed by atoms with E-state index in [0.717, 1.165) is 16.3 Å². The Labute approximate surface area is 294 Å². The summed E-state index contributed by atoms with van der Waals surface area (Å²) < 4.78 is 12.5. The van der Waals surface area contributed by atoms with Crippen LogP contribution in [0.25, 0.3) is 10.8 Å². The van der Waals surface area contributed by atoms with Gasteiger partial charge in [-0.05, 0) is 73.6 Å². The number of carboxylic acids is 3. The summed E-state index contributed by atoms with van der Waals surface area (Å²) in [5, 5.41) is 42.1. The smallest absolute Gasteiger partial charge is 0.326 e. The zero-order valence-electron chi connectivity index (χ0n) is 28.2. The molecule has 0 aliphatic heterocycles. The molecule has 0 radical (unpaired) electrons. The minimum atomic E-state index is -1.52. The van der Waals surface area contributed by atoms with E-state index in [1.807, 2.05) is 42.5 Å². The van der Waals surface area contributed by atoms with Crippen molar-refractivity contribution in [3.05, 3.63) is 48.0 Å². The molecule has 2 aromatic carbocycles. The number of carbonyl (C=O) groups excluding carboxylic acids is 4. The van der Waals surface area contributed by atoms with E-state index in [9.17, 15) is 48.2 Å². The Morgan fingerprint density at radius 3 is 2.02 bits per heavy atom. The predicted octanol–water partition coefficient (Wildman–Crippen LogP) is 2.12. The second-order valence-electron chi connectivity index (χ2n) is 12.7. The lowest BCUT2D eigenvalue weighted by Gasteiger charge is -2.29. The molecule has 0 spiro atoms. The van der Waals surface area contributed by atoms with Gasteiger partial charge in [0.15, 0.2) is 6.67 Å². The maximum absolute atomic E-state index is 13.4. The lowest BCUT2D eigenvalue weighted by Crippen LogP contribution is -2.51. The lowest BCUT2D eigenvalue weighted by molar-refractivity contribution is -0.141. The minimum absolute atomic E-state index is 0.0388. The number of nitrogens with one attached hydrogen (secondary N) is 5. The van der Waals surface area contributed by atoms with Gasteiger partial charge in [0.05, 0.1) is 0 Å². The van der Waals surface area contributed by atoms with Crippen LogP contribution in [0.15, 0.2) is 42.5 Å². The fourth-order valence-corrected chi connectivity index (χ4v) is 5.98. The summed E-state index contributed by atoms with van der Waals surface area (Å²) in [6.07, 6.45) is 2.33. The van der Waals surface area contributed by atoms with Crippen molar-refractivity contribution in [3.8, 4) is 0 Å². The first-order chi connectivity index (χ1) is 24.4. The Hall–Kier alpha value is -5.28. The molecule has 8 N–H and O–H groups in total. The van der Waals surface area contributed by atoms with Gasteiger partial charge in [-0.25, -0.2) is 18.8 Å². The van der Waals surface area contributed by atoms with Crippen LogP contribution in [-0.4, -0.2) is 94.9 Å². The number of aliphatic carboxylic acids is 3. The number of hydrogen-bond donors (Lipinski definition) is 8. The van der Waals surface area contributed by atoms with Crippen LogP contribution in [0.2, 0.25) is 0 Å². The third-order valence-corrected chi connectivity index (χ3v) is 8.89. The largest absolute Gasteiger partial charge is 0.481 e. The number of halogens is 1. The van der Waals surface area contributed by atoms with E-state index in [2.05, 4.69) is 26.6 Å². The van der Waals surface area contributed by atoms with Crippen molar-refractivity contribution in [2.45, 2.75) is 82.3 Å². The maximum Gasteiger partial charge on any atom is 0.326 e. The highest BCUT2D eigenvalue weighted by molar-refractivity contribution is 5.89. The first-order valence-electron chi connectivity index (χ1n) is 17.0. The molecule has 0 saturated heterocycles. The monoisotopic (exact) mass is 715 g/mol. The molecule has 5 amide bonds. The molecule has 15 nitrogen and oxygen atoms in total. The molecular formula is C35H46FN5O10. The van der Waals surface area contributed by atoms with Crippen LogP contribution in [0.1, 0.15) is 63.4 Å². The first-order valence-corrected chi connectivity index (χ1v) is 17.0. The SMILES string of the molecule is O=C(O)CCC(NC(=O)NC(CCCCNC(=O)C(Cc1ccc2ccccc2c1)NC(=O)C1CCC(CNC(=O)CF)CC1)C(=O)O)C(=O)O. The van der Waals surface area contributed by atoms with Gasteiger partial charge in [-0.3, -0.25) is 19.2 Å². The van der Waals surface area contributed by atoms with Crippen molar-refractivity contribution < 1.29 is 53.3 Å². The molecule has 3 unspecified atom stereocenters. The number of urea groups is 1. The molecule has 16 heteroatoms. The van der Waals surface area contributed by atoms with Crippen LogP contribution in [0.4, 0.5) is 9.18 Å². The van der Waals surface area contributed by atoms with E-state index in [1.54, 1.807) is 0 Å². The van der Waals surface area contributed by atoms with Gasteiger partial charge in [-0.15, -0.1) is 0 Å². The standard InChI is InChI=1S/C35H46FN5O10/c36-19-29(42)38-20-21-8-12-24(13-9-21)31(45)39-28(18-22-10-11-23-5-1-2-6-25(23)17-22)32(46)37-16-4-3-7-26(33(47)48)40-35(51)41-27(34(49)50)14-15-30(43)44/h1-2,5-6,10-11,17,21,24,26-28H,3-4,7-9,12-16,18-20H2,(H,37,46)(H,38,42)(H,39,45)(H,43,44)(H,47,48)(H,49,50)(H2,40,41,51). The van der Waals surface area contributed by atoms with Crippen molar-refractivity contribution in [2.24, 2.45) is 11.8 Å². The summed E-state index contributed by atoms with van der Waals surface area (Å²) in [5.41, 5.74) is 0.836. The molecule has 0 bridgehead atoms. The lowest BCUT2D eigenvalue weighted by atomic mass is 9.81. The Balaban J connectivity index is 1.55. The van der Waals surface area contributed by atoms with Gasteiger partial charge in [0.2, 0.25) is 11.8 Å². The molecule has 1 aliphatic rings. The zero-order chi connectivity index (χ0) is 37.3. The van der Waals surface area contributed by atoms with E-state index in [-0.39, 0.29) is 50.0 Å². The van der Waals surface area contributed by atoms with Crippen LogP contribution in [-0.2, 0) is 35.2 Å². The molecule has 51 heavy (non-hydrogen) atoms. The normalized spacial score (nSPS) is 17.3. The van der Waals surface area contributed by atoms with E-state index in [4.69, 9.17) is 5.11 Å². The fourth-order valence-electron chi connectivity index (χ4n) is 5.98. The molecule has 1 aliphatic carbocycles. The number of carbonyl (C=O) groups is 7. The van der Waals surface area contributed by atoms with Crippen molar-refractivity contribution in [2.75, 3.05) is 19.8 Å². The van der Waals surface area contributed by atoms with Gasteiger partial charge in [0.25, 0.3) is 5.91 Å². The van der Waals surface area contributed by atoms with E-state index < -0.39 is 67.0 Å². The second-order valence-corrected chi connectivity index (χ2v) is 12.7. The summed E-state index contributed by atoms with van der Waals surface area (Å²) in [6.45, 7) is -0.583. The van der Waals surface area contributed by atoms with Crippen LogP contribution in [0, 0.1) is 11.8 Å². The van der Waals surface area contributed by atoms with Gasteiger partial charge in [0.1, 0.15) is 18.1 Å². The first kappa shape index (κ1) is 40.2.